The Hall–Kier alpha value is -1.94. The van der Waals surface area contributed by atoms with Crippen LogP contribution in [0.2, 0.25) is 0 Å². The molecule has 1 atom stereocenters. The standard InChI is InChI=1S/C15H15F2NO/c1-9-6-7-11(8-13(9)17)19-14-5-3-4-12(16)15(14)10(2)18/h3-8,10H,18H2,1-2H3/t10-/m1/s1. The lowest BCUT2D eigenvalue weighted by Gasteiger charge is -2.14. The third-order valence-corrected chi connectivity index (χ3v) is 2.84. The first-order valence-corrected chi connectivity index (χ1v) is 5.97. The second-order valence-electron chi connectivity index (χ2n) is 4.45. The molecule has 0 radical (unpaired) electrons. The van der Waals surface area contributed by atoms with Gasteiger partial charge in [0.2, 0.25) is 0 Å². The van der Waals surface area contributed by atoms with Crippen LogP contribution in [0.4, 0.5) is 8.78 Å². The van der Waals surface area contributed by atoms with E-state index in [0.717, 1.165) is 0 Å². The van der Waals surface area contributed by atoms with Crippen molar-refractivity contribution >= 4 is 0 Å². The molecule has 0 unspecified atom stereocenters. The van der Waals surface area contributed by atoms with Crippen molar-refractivity contribution in [2.75, 3.05) is 0 Å². The van der Waals surface area contributed by atoms with Crippen LogP contribution in [0, 0.1) is 18.6 Å². The lowest BCUT2D eigenvalue weighted by molar-refractivity contribution is 0.456. The van der Waals surface area contributed by atoms with E-state index in [0.29, 0.717) is 17.1 Å². The molecule has 0 aliphatic rings. The zero-order chi connectivity index (χ0) is 14.0. The highest BCUT2D eigenvalue weighted by Gasteiger charge is 2.14. The first-order valence-electron chi connectivity index (χ1n) is 5.97. The first-order chi connectivity index (χ1) is 8.99. The number of ether oxygens (including phenoxy) is 1. The number of halogens is 2. The Morgan fingerprint density at radius 1 is 1.11 bits per heavy atom. The van der Waals surface area contributed by atoms with Crippen molar-refractivity contribution in [2.45, 2.75) is 19.9 Å². The van der Waals surface area contributed by atoms with Crippen LogP contribution >= 0.6 is 0 Å². The van der Waals surface area contributed by atoms with E-state index in [1.54, 1.807) is 32.0 Å². The van der Waals surface area contributed by atoms with Crippen molar-refractivity contribution < 1.29 is 13.5 Å². The van der Waals surface area contributed by atoms with E-state index in [-0.39, 0.29) is 11.4 Å². The molecule has 0 amide bonds. The molecular formula is C15H15F2NO. The van der Waals surface area contributed by atoms with Gasteiger partial charge in [0.05, 0.1) is 0 Å². The fraction of sp³-hybridized carbons (Fsp3) is 0.200. The molecule has 0 bridgehead atoms. The van der Waals surface area contributed by atoms with Gasteiger partial charge in [0.15, 0.2) is 0 Å². The fourth-order valence-electron chi connectivity index (χ4n) is 1.81. The van der Waals surface area contributed by atoms with E-state index in [2.05, 4.69) is 0 Å². The molecule has 2 nitrogen and oxygen atoms in total. The summed E-state index contributed by atoms with van der Waals surface area (Å²) < 4.78 is 32.7. The highest BCUT2D eigenvalue weighted by molar-refractivity contribution is 5.41. The van der Waals surface area contributed by atoms with Crippen LogP contribution in [0.1, 0.15) is 24.1 Å². The average molecular weight is 263 g/mol. The Bertz CT molecular complexity index is 597. The molecule has 0 aliphatic carbocycles. The molecular weight excluding hydrogens is 248 g/mol. The van der Waals surface area contributed by atoms with Crippen molar-refractivity contribution in [1.29, 1.82) is 0 Å². The topological polar surface area (TPSA) is 35.2 Å². The third kappa shape index (κ3) is 2.90. The highest BCUT2D eigenvalue weighted by atomic mass is 19.1. The van der Waals surface area contributed by atoms with E-state index in [1.165, 1.54) is 18.2 Å². The zero-order valence-electron chi connectivity index (χ0n) is 10.8. The molecule has 2 aromatic rings. The fourth-order valence-corrected chi connectivity index (χ4v) is 1.81. The molecule has 0 fully saturated rings. The Balaban J connectivity index is 2.38. The number of rotatable bonds is 3. The predicted octanol–water partition coefficient (Wildman–Crippen LogP) is 4.09. The average Bonchev–Trinajstić information content (AvgIpc) is 2.33. The Morgan fingerprint density at radius 2 is 1.84 bits per heavy atom. The summed E-state index contributed by atoms with van der Waals surface area (Å²) in [5, 5.41) is 0. The zero-order valence-corrected chi connectivity index (χ0v) is 10.8. The third-order valence-electron chi connectivity index (χ3n) is 2.84. The Kier molecular flexibility index (Phi) is 3.81. The van der Waals surface area contributed by atoms with Crippen molar-refractivity contribution in [3.8, 4) is 11.5 Å². The molecule has 0 aliphatic heterocycles. The van der Waals surface area contributed by atoms with Crippen molar-refractivity contribution in [2.24, 2.45) is 5.73 Å². The molecule has 2 N–H and O–H groups in total. The van der Waals surface area contributed by atoms with Gasteiger partial charge in [0, 0.05) is 17.7 Å². The van der Waals surface area contributed by atoms with E-state index in [9.17, 15) is 8.78 Å². The van der Waals surface area contributed by atoms with Crippen LogP contribution in [-0.2, 0) is 0 Å². The van der Waals surface area contributed by atoms with E-state index in [1.807, 2.05) is 0 Å². The van der Waals surface area contributed by atoms with E-state index < -0.39 is 11.9 Å². The maximum Gasteiger partial charge on any atom is 0.135 e. The minimum absolute atomic E-state index is 0.281. The van der Waals surface area contributed by atoms with Crippen molar-refractivity contribution in [1.82, 2.24) is 0 Å². The van der Waals surface area contributed by atoms with Gasteiger partial charge in [-0.05, 0) is 37.6 Å². The second kappa shape index (κ2) is 5.36. The monoisotopic (exact) mass is 263 g/mol. The molecule has 0 saturated heterocycles. The van der Waals surface area contributed by atoms with Crippen LogP contribution in [0.25, 0.3) is 0 Å². The lowest BCUT2D eigenvalue weighted by atomic mass is 10.1. The van der Waals surface area contributed by atoms with Gasteiger partial charge in [0.1, 0.15) is 23.1 Å². The van der Waals surface area contributed by atoms with Crippen LogP contribution in [0.5, 0.6) is 11.5 Å². The summed E-state index contributed by atoms with van der Waals surface area (Å²) >= 11 is 0. The molecule has 4 heteroatoms. The minimum Gasteiger partial charge on any atom is -0.457 e. The molecule has 0 saturated carbocycles. The molecule has 100 valence electrons. The van der Waals surface area contributed by atoms with E-state index in [4.69, 9.17) is 10.5 Å². The first kappa shape index (κ1) is 13.5. The summed E-state index contributed by atoms with van der Waals surface area (Å²) in [6, 6.07) is 8.46. The van der Waals surface area contributed by atoms with Crippen LogP contribution in [0.15, 0.2) is 36.4 Å². The molecule has 19 heavy (non-hydrogen) atoms. The smallest absolute Gasteiger partial charge is 0.135 e. The van der Waals surface area contributed by atoms with Gasteiger partial charge < -0.3 is 10.5 Å². The summed E-state index contributed by atoms with van der Waals surface area (Å²) in [5.74, 6) is -0.176. The van der Waals surface area contributed by atoms with Gasteiger partial charge in [-0.25, -0.2) is 8.78 Å². The summed E-state index contributed by atoms with van der Waals surface area (Å²) in [6.07, 6.45) is 0. The predicted molar refractivity (Wildman–Crippen MR) is 70.2 cm³/mol. The SMILES string of the molecule is Cc1ccc(Oc2cccc(F)c2[C@@H](C)N)cc1F. The highest BCUT2D eigenvalue weighted by Crippen LogP contribution is 2.31. The molecule has 0 spiro atoms. The van der Waals surface area contributed by atoms with E-state index >= 15 is 0 Å². The second-order valence-corrected chi connectivity index (χ2v) is 4.45. The molecule has 2 aromatic carbocycles. The summed E-state index contributed by atoms with van der Waals surface area (Å²) in [4.78, 5) is 0. The summed E-state index contributed by atoms with van der Waals surface area (Å²) in [5.41, 5.74) is 6.54. The maximum absolute atomic E-state index is 13.7. The maximum atomic E-state index is 13.7. The van der Waals surface area contributed by atoms with Gasteiger partial charge in [-0.2, -0.15) is 0 Å². The summed E-state index contributed by atoms with van der Waals surface area (Å²) in [6.45, 7) is 3.33. The van der Waals surface area contributed by atoms with Crippen LogP contribution in [0.3, 0.4) is 0 Å². The van der Waals surface area contributed by atoms with Gasteiger partial charge in [-0.1, -0.05) is 12.1 Å². The normalized spacial score (nSPS) is 12.3. The Labute approximate surface area is 110 Å². The minimum atomic E-state index is -0.508. The van der Waals surface area contributed by atoms with Crippen LogP contribution < -0.4 is 10.5 Å². The molecule has 2 rings (SSSR count). The molecule has 0 aromatic heterocycles. The van der Waals surface area contributed by atoms with Gasteiger partial charge in [-0.3, -0.25) is 0 Å². The lowest BCUT2D eigenvalue weighted by Crippen LogP contribution is -2.09. The van der Waals surface area contributed by atoms with Gasteiger partial charge in [-0.15, -0.1) is 0 Å². The van der Waals surface area contributed by atoms with Crippen molar-refractivity contribution in [3.05, 3.63) is 59.2 Å². The largest absolute Gasteiger partial charge is 0.457 e. The molecule has 0 heterocycles. The van der Waals surface area contributed by atoms with Gasteiger partial charge >= 0.3 is 0 Å². The summed E-state index contributed by atoms with van der Waals surface area (Å²) in [7, 11) is 0. The number of hydrogen-bond donors (Lipinski definition) is 1. The van der Waals surface area contributed by atoms with Gasteiger partial charge in [0.25, 0.3) is 0 Å². The number of nitrogens with two attached hydrogens (primary N) is 1. The quantitative estimate of drug-likeness (QED) is 0.905. The number of aryl methyl sites for hydroxylation is 1. The number of hydrogen-bond acceptors (Lipinski definition) is 2. The van der Waals surface area contributed by atoms with Crippen LogP contribution in [-0.4, -0.2) is 0 Å². The van der Waals surface area contributed by atoms with Crippen molar-refractivity contribution in [3.63, 3.8) is 0 Å². The Morgan fingerprint density at radius 3 is 2.47 bits per heavy atom. The number of benzene rings is 2.